The number of hydrogen-bond donors (Lipinski definition) is 2. The molecule has 0 radical (unpaired) electrons. The van der Waals surface area contributed by atoms with Gasteiger partial charge < -0.3 is 15.4 Å². The van der Waals surface area contributed by atoms with Gasteiger partial charge in [-0.1, -0.05) is 18.2 Å². The predicted octanol–water partition coefficient (Wildman–Crippen LogP) is 3.56. The lowest BCUT2D eigenvalue weighted by Crippen LogP contribution is -2.38. The van der Waals surface area contributed by atoms with E-state index in [9.17, 15) is 0 Å². The van der Waals surface area contributed by atoms with Crippen LogP contribution in [0.5, 0.6) is 5.75 Å². The van der Waals surface area contributed by atoms with Crippen molar-refractivity contribution >= 4 is 29.9 Å². The highest BCUT2D eigenvalue weighted by molar-refractivity contribution is 14.0. The van der Waals surface area contributed by atoms with Crippen molar-refractivity contribution in [3.63, 3.8) is 0 Å². The largest absolute Gasteiger partial charge is 0.493 e. The van der Waals surface area contributed by atoms with Crippen molar-refractivity contribution in [1.82, 2.24) is 10.6 Å². The van der Waals surface area contributed by atoms with Gasteiger partial charge in [0.25, 0.3) is 0 Å². The van der Waals surface area contributed by atoms with Crippen LogP contribution in [0.3, 0.4) is 0 Å². The molecule has 0 bridgehead atoms. The van der Waals surface area contributed by atoms with Crippen LogP contribution in [0.25, 0.3) is 0 Å². The molecule has 0 saturated heterocycles. The summed E-state index contributed by atoms with van der Waals surface area (Å²) in [5, 5.41) is 6.74. The third-order valence-electron chi connectivity index (χ3n) is 4.15. The summed E-state index contributed by atoms with van der Waals surface area (Å²) in [6, 6.07) is 8.25. The zero-order valence-corrected chi connectivity index (χ0v) is 16.2. The van der Waals surface area contributed by atoms with Gasteiger partial charge in [0, 0.05) is 18.7 Å². The molecule has 2 fully saturated rings. The van der Waals surface area contributed by atoms with Gasteiger partial charge in [0.15, 0.2) is 5.96 Å². The molecule has 1 aromatic carbocycles. The van der Waals surface area contributed by atoms with Crippen molar-refractivity contribution in [3.8, 4) is 5.75 Å². The van der Waals surface area contributed by atoms with E-state index in [0.29, 0.717) is 6.54 Å². The van der Waals surface area contributed by atoms with Crippen LogP contribution in [-0.4, -0.2) is 25.7 Å². The van der Waals surface area contributed by atoms with Crippen LogP contribution in [0.15, 0.2) is 29.3 Å². The van der Waals surface area contributed by atoms with Crippen LogP contribution in [0.4, 0.5) is 0 Å². The Morgan fingerprint density at radius 3 is 2.57 bits per heavy atom. The highest BCUT2D eigenvalue weighted by Gasteiger charge is 2.22. The number of hydrogen-bond acceptors (Lipinski definition) is 2. The first-order chi connectivity index (χ1) is 10.8. The Morgan fingerprint density at radius 2 is 1.87 bits per heavy atom. The smallest absolute Gasteiger partial charge is 0.191 e. The van der Waals surface area contributed by atoms with E-state index in [1.807, 2.05) is 6.07 Å². The van der Waals surface area contributed by atoms with Gasteiger partial charge in [-0.25, -0.2) is 4.99 Å². The maximum atomic E-state index is 5.95. The maximum absolute atomic E-state index is 5.95. The van der Waals surface area contributed by atoms with Crippen LogP contribution in [0.1, 0.15) is 38.2 Å². The zero-order valence-electron chi connectivity index (χ0n) is 13.9. The van der Waals surface area contributed by atoms with E-state index in [1.165, 1.54) is 25.7 Å². The average Bonchev–Trinajstić information content (AvgIpc) is 3.43. The molecule has 1 aromatic rings. The molecule has 0 spiro atoms. The number of nitrogens with one attached hydrogen (secondary N) is 2. The zero-order chi connectivity index (χ0) is 15.2. The molecule has 2 aliphatic carbocycles. The van der Waals surface area contributed by atoms with E-state index >= 15 is 0 Å². The van der Waals surface area contributed by atoms with Gasteiger partial charge in [0.1, 0.15) is 5.75 Å². The van der Waals surface area contributed by atoms with Crippen LogP contribution >= 0.6 is 24.0 Å². The summed E-state index contributed by atoms with van der Waals surface area (Å²) < 4.78 is 5.95. The van der Waals surface area contributed by atoms with Crippen molar-refractivity contribution in [3.05, 3.63) is 29.8 Å². The number of para-hydroxylation sites is 1. The van der Waals surface area contributed by atoms with E-state index in [1.54, 1.807) is 0 Å². The maximum Gasteiger partial charge on any atom is 0.191 e. The van der Waals surface area contributed by atoms with E-state index in [0.717, 1.165) is 48.8 Å². The van der Waals surface area contributed by atoms with Crippen LogP contribution < -0.4 is 15.4 Å². The molecule has 2 aliphatic rings. The molecule has 4 nitrogen and oxygen atoms in total. The molecule has 23 heavy (non-hydrogen) atoms. The van der Waals surface area contributed by atoms with Gasteiger partial charge in [-0.05, 0) is 50.5 Å². The fourth-order valence-electron chi connectivity index (χ4n) is 2.34. The van der Waals surface area contributed by atoms with Gasteiger partial charge in [0.05, 0.1) is 13.2 Å². The summed E-state index contributed by atoms with van der Waals surface area (Å²) in [5.74, 6) is 3.51. The number of halogens is 1. The summed E-state index contributed by atoms with van der Waals surface area (Å²) in [5.41, 5.74) is 1.16. The molecule has 0 atom stereocenters. The summed E-state index contributed by atoms with van der Waals surface area (Å²) >= 11 is 0. The van der Waals surface area contributed by atoms with Gasteiger partial charge >= 0.3 is 0 Å². The highest BCUT2D eigenvalue weighted by atomic mass is 127. The second-order valence-electron chi connectivity index (χ2n) is 6.38. The third kappa shape index (κ3) is 6.57. The predicted molar refractivity (Wildman–Crippen MR) is 106 cm³/mol. The first kappa shape index (κ1) is 18.4. The SMILES string of the molecule is CCNC(=NCc1ccccc1OCC1CC1)NCC1CC1.I. The van der Waals surface area contributed by atoms with Crippen molar-refractivity contribution in [2.24, 2.45) is 16.8 Å². The van der Waals surface area contributed by atoms with Crippen LogP contribution in [0.2, 0.25) is 0 Å². The lowest BCUT2D eigenvalue weighted by atomic mass is 10.2. The van der Waals surface area contributed by atoms with Gasteiger partial charge in [-0.3, -0.25) is 0 Å². The highest BCUT2D eigenvalue weighted by Crippen LogP contribution is 2.30. The molecule has 2 saturated carbocycles. The number of benzene rings is 1. The molecule has 0 heterocycles. The molecular formula is C18H28IN3O. The van der Waals surface area contributed by atoms with Gasteiger partial charge in [-0.15, -0.1) is 24.0 Å². The van der Waals surface area contributed by atoms with E-state index in [2.05, 4.69) is 35.8 Å². The lowest BCUT2D eigenvalue weighted by Gasteiger charge is -2.12. The normalized spacial score (nSPS) is 17.3. The number of nitrogens with zero attached hydrogens (tertiary/aromatic N) is 1. The topological polar surface area (TPSA) is 45.7 Å². The Balaban J connectivity index is 0.00000192. The van der Waals surface area contributed by atoms with Crippen LogP contribution in [0, 0.1) is 11.8 Å². The minimum Gasteiger partial charge on any atom is -0.493 e. The number of rotatable bonds is 8. The summed E-state index contributed by atoms with van der Waals surface area (Å²) in [6.45, 7) is 5.52. The molecule has 128 valence electrons. The van der Waals surface area contributed by atoms with Crippen LogP contribution in [-0.2, 0) is 6.54 Å². The summed E-state index contributed by atoms with van der Waals surface area (Å²) in [6.07, 6.45) is 5.33. The lowest BCUT2D eigenvalue weighted by molar-refractivity contribution is 0.297. The quantitative estimate of drug-likeness (QED) is 0.378. The number of ether oxygens (including phenoxy) is 1. The Kier molecular flexibility index (Phi) is 7.46. The Hall–Kier alpha value is -0.980. The Labute approximate surface area is 156 Å². The summed E-state index contributed by atoms with van der Waals surface area (Å²) in [7, 11) is 0. The molecule has 0 amide bonds. The molecule has 3 rings (SSSR count). The van der Waals surface area contributed by atoms with Gasteiger partial charge in [-0.2, -0.15) is 0 Å². The number of aliphatic imine (C=N–C) groups is 1. The molecule has 0 unspecified atom stereocenters. The Bertz CT molecular complexity index is 513. The van der Waals surface area contributed by atoms with E-state index < -0.39 is 0 Å². The first-order valence-electron chi connectivity index (χ1n) is 8.58. The third-order valence-corrected chi connectivity index (χ3v) is 4.15. The van der Waals surface area contributed by atoms with Gasteiger partial charge in [0.2, 0.25) is 0 Å². The first-order valence-corrected chi connectivity index (χ1v) is 8.58. The minimum atomic E-state index is 0. The molecule has 5 heteroatoms. The minimum absolute atomic E-state index is 0. The monoisotopic (exact) mass is 429 g/mol. The summed E-state index contributed by atoms with van der Waals surface area (Å²) in [4.78, 5) is 4.70. The van der Waals surface area contributed by atoms with Crippen molar-refractivity contribution in [1.29, 1.82) is 0 Å². The average molecular weight is 429 g/mol. The molecule has 0 aromatic heterocycles. The Morgan fingerprint density at radius 1 is 1.13 bits per heavy atom. The van der Waals surface area contributed by atoms with Crippen molar-refractivity contribution < 1.29 is 4.74 Å². The fraction of sp³-hybridized carbons (Fsp3) is 0.611. The fourth-order valence-corrected chi connectivity index (χ4v) is 2.34. The van der Waals surface area contributed by atoms with E-state index in [-0.39, 0.29) is 24.0 Å². The standard InChI is InChI=1S/C18H27N3O.HI/c1-2-19-18(20-11-14-7-8-14)21-12-16-5-3-4-6-17(16)22-13-15-9-10-15;/h3-6,14-15H,2,7-13H2,1H3,(H2,19,20,21);1H. The van der Waals surface area contributed by atoms with Crippen molar-refractivity contribution in [2.75, 3.05) is 19.7 Å². The molecule has 0 aliphatic heterocycles. The molecule has 2 N–H and O–H groups in total. The molecular weight excluding hydrogens is 401 g/mol. The number of guanidine groups is 1. The van der Waals surface area contributed by atoms with E-state index in [4.69, 9.17) is 9.73 Å². The second-order valence-corrected chi connectivity index (χ2v) is 6.38. The van der Waals surface area contributed by atoms with Crippen molar-refractivity contribution in [2.45, 2.75) is 39.2 Å². The second kappa shape index (κ2) is 9.35.